The van der Waals surface area contributed by atoms with Crippen LogP contribution in [0, 0.1) is 0 Å². The van der Waals surface area contributed by atoms with Crippen molar-refractivity contribution in [3.63, 3.8) is 0 Å². The molecule has 0 radical (unpaired) electrons. The van der Waals surface area contributed by atoms with Crippen LogP contribution in [-0.2, 0) is 0 Å². The summed E-state index contributed by atoms with van der Waals surface area (Å²) in [6.07, 6.45) is 4.83. The molecule has 0 aliphatic carbocycles. The minimum absolute atomic E-state index is 0.545. The standard InChI is InChI=1S/C7H15AsO2/c1-2-3-4-5-6-8-7(9)10/h8H,2-6H2,1H3,(H,9,10). The van der Waals surface area contributed by atoms with E-state index in [-0.39, 0.29) is 0 Å². The summed E-state index contributed by atoms with van der Waals surface area (Å²) in [5.41, 5.74) is 0. The number of hydrogen-bond donors (Lipinski definition) is 1. The fourth-order valence-electron chi connectivity index (χ4n) is 0.747. The maximum absolute atomic E-state index is 10.1. The Bertz CT molecular complexity index is 93.6. The molecule has 3 heteroatoms. The molecule has 0 aromatic rings. The maximum atomic E-state index is 10.1. The van der Waals surface area contributed by atoms with E-state index in [1.165, 1.54) is 19.3 Å². The van der Waals surface area contributed by atoms with Crippen molar-refractivity contribution in [2.24, 2.45) is 0 Å². The zero-order chi connectivity index (χ0) is 7.82. The van der Waals surface area contributed by atoms with Gasteiger partial charge in [-0.15, -0.1) is 0 Å². The predicted molar refractivity (Wildman–Crippen MR) is 44.1 cm³/mol. The second kappa shape index (κ2) is 7.14. The van der Waals surface area contributed by atoms with E-state index in [4.69, 9.17) is 5.11 Å². The van der Waals surface area contributed by atoms with Gasteiger partial charge in [0.1, 0.15) is 0 Å². The van der Waals surface area contributed by atoms with E-state index in [2.05, 4.69) is 6.92 Å². The molecule has 1 N–H and O–H groups in total. The Morgan fingerprint density at radius 2 is 2.10 bits per heavy atom. The van der Waals surface area contributed by atoms with E-state index >= 15 is 0 Å². The normalized spacial score (nSPS) is 10.9. The van der Waals surface area contributed by atoms with Crippen molar-refractivity contribution in [2.45, 2.75) is 37.8 Å². The third-order valence-corrected chi connectivity index (χ3v) is 3.21. The van der Waals surface area contributed by atoms with Crippen LogP contribution in [0.3, 0.4) is 0 Å². The molecule has 0 aliphatic rings. The molecule has 0 spiro atoms. The van der Waals surface area contributed by atoms with E-state index in [1.54, 1.807) is 0 Å². The molecule has 0 bridgehead atoms. The summed E-state index contributed by atoms with van der Waals surface area (Å²) >= 11 is -0.655. The third kappa shape index (κ3) is 8.03. The zero-order valence-corrected chi connectivity index (χ0v) is 8.49. The Morgan fingerprint density at radius 1 is 1.40 bits per heavy atom. The fraction of sp³-hybridized carbons (Fsp3) is 0.857. The van der Waals surface area contributed by atoms with Gasteiger partial charge in [0.2, 0.25) is 0 Å². The summed E-state index contributed by atoms with van der Waals surface area (Å²) < 4.78 is -0.545. The molecule has 0 aromatic heterocycles. The summed E-state index contributed by atoms with van der Waals surface area (Å²) in [5, 5.41) is 9.29. The van der Waals surface area contributed by atoms with Crippen LogP contribution >= 0.6 is 0 Å². The van der Waals surface area contributed by atoms with Crippen molar-refractivity contribution in [3.8, 4) is 0 Å². The number of carboxylic acid groups (broad SMARTS) is 1. The van der Waals surface area contributed by atoms with Crippen LogP contribution in [0.2, 0.25) is 5.21 Å². The first kappa shape index (κ1) is 10.0. The first-order valence-corrected chi connectivity index (χ1v) is 6.27. The van der Waals surface area contributed by atoms with Gasteiger partial charge < -0.3 is 0 Å². The van der Waals surface area contributed by atoms with E-state index in [9.17, 15) is 4.79 Å². The van der Waals surface area contributed by atoms with Gasteiger partial charge in [0.15, 0.2) is 0 Å². The number of rotatable bonds is 6. The molecule has 0 aliphatic heterocycles. The Labute approximate surface area is 68.7 Å². The van der Waals surface area contributed by atoms with Gasteiger partial charge in [0.25, 0.3) is 0 Å². The summed E-state index contributed by atoms with van der Waals surface area (Å²) in [7, 11) is 0. The average molecular weight is 206 g/mol. The molecule has 0 aromatic carbocycles. The molecule has 0 saturated carbocycles. The second-order valence-electron chi connectivity index (χ2n) is 2.29. The quantitative estimate of drug-likeness (QED) is 0.533. The Kier molecular flexibility index (Phi) is 7.16. The van der Waals surface area contributed by atoms with Gasteiger partial charge in [-0.2, -0.15) is 0 Å². The molecule has 0 amide bonds. The van der Waals surface area contributed by atoms with Crippen LogP contribution in [0.25, 0.3) is 0 Å². The average Bonchev–Trinajstić information content (AvgIpc) is 1.87. The monoisotopic (exact) mass is 206 g/mol. The summed E-state index contributed by atoms with van der Waals surface area (Å²) in [5.74, 6) is 0. The van der Waals surface area contributed by atoms with Crippen molar-refractivity contribution < 1.29 is 9.90 Å². The van der Waals surface area contributed by atoms with Gasteiger partial charge in [0, 0.05) is 0 Å². The number of carbonyl (C=O) groups is 1. The van der Waals surface area contributed by atoms with Gasteiger partial charge in [-0.3, -0.25) is 0 Å². The minimum atomic E-state index is -0.655. The van der Waals surface area contributed by atoms with Crippen LogP contribution in [0.1, 0.15) is 32.6 Å². The van der Waals surface area contributed by atoms with Crippen molar-refractivity contribution in [2.75, 3.05) is 0 Å². The summed E-state index contributed by atoms with van der Waals surface area (Å²) in [6.45, 7) is 2.16. The molecule has 60 valence electrons. The van der Waals surface area contributed by atoms with Crippen LogP contribution < -0.4 is 0 Å². The van der Waals surface area contributed by atoms with E-state index in [1.807, 2.05) is 0 Å². The molecule has 2 nitrogen and oxygen atoms in total. The summed E-state index contributed by atoms with van der Waals surface area (Å²) in [6, 6.07) is 0. The first-order chi connectivity index (χ1) is 4.77. The third-order valence-electron chi connectivity index (χ3n) is 1.31. The SMILES string of the molecule is CCCCCC[AsH]C(=O)O. The van der Waals surface area contributed by atoms with Crippen LogP contribution in [0.5, 0.6) is 0 Å². The molecule has 1 unspecified atom stereocenters. The molecule has 1 atom stereocenters. The fourth-order valence-corrected chi connectivity index (χ4v) is 2.09. The predicted octanol–water partition coefficient (Wildman–Crippen LogP) is 2.10. The molecular weight excluding hydrogens is 191 g/mol. The van der Waals surface area contributed by atoms with Crippen molar-refractivity contribution in [1.82, 2.24) is 0 Å². The number of unbranched alkanes of at least 4 members (excludes halogenated alkanes) is 3. The van der Waals surface area contributed by atoms with E-state index in [0.29, 0.717) is 0 Å². The first-order valence-electron chi connectivity index (χ1n) is 3.74. The van der Waals surface area contributed by atoms with Gasteiger partial charge in [-0.05, 0) is 0 Å². The topological polar surface area (TPSA) is 37.3 Å². The Balaban J connectivity index is 2.84. The molecule has 10 heavy (non-hydrogen) atoms. The van der Waals surface area contributed by atoms with Gasteiger partial charge in [0.05, 0.1) is 0 Å². The van der Waals surface area contributed by atoms with Crippen molar-refractivity contribution >= 4 is 20.5 Å². The molecule has 0 heterocycles. The Hall–Kier alpha value is 0.0284. The van der Waals surface area contributed by atoms with E-state index < -0.39 is 20.5 Å². The van der Waals surface area contributed by atoms with Gasteiger partial charge >= 0.3 is 68.2 Å². The van der Waals surface area contributed by atoms with Crippen LogP contribution in [0.4, 0.5) is 4.79 Å². The van der Waals surface area contributed by atoms with Crippen LogP contribution in [0.15, 0.2) is 0 Å². The molecular formula is C7H15AsO2. The molecule has 0 saturated heterocycles. The summed E-state index contributed by atoms with van der Waals surface area (Å²) in [4.78, 5) is 10.1. The van der Waals surface area contributed by atoms with E-state index in [0.717, 1.165) is 11.6 Å². The number of hydrogen-bond acceptors (Lipinski definition) is 1. The van der Waals surface area contributed by atoms with Crippen molar-refractivity contribution in [1.29, 1.82) is 0 Å². The van der Waals surface area contributed by atoms with Crippen LogP contribution in [-0.4, -0.2) is 25.6 Å². The van der Waals surface area contributed by atoms with Crippen molar-refractivity contribution in [3.05, 3.63) is 0 Å². The Morgan fingerprint density at radius 3 is 2.60 bits per heavy atom. The molecule has 0 fully saturated rings. The second-order valence-corrected chi connectivity index (χ2v) is 4.98. The zero-order valence-electron chi connectivity index (χ0n) is 6.39. The van der Waals surface area contributed by atoms with Gasteiger partial charge in [-0.1, -0.05) is 0 Å². The van der Waals surface area contributed by atoms with Gasteiger partial charge in [-0.25, -0.2) is 0 Å². The molecule has 0 rings (SSSR count).